The van der Waals surface area contributed by atoms with Crippen molar-refractivity contribution in [3.63, 3.8) is 0 Å². The Kier molecular flexibility index (Phi) is 4.26. The largest absolute Gasteiger partial charge is 0.354 e. The van der Waals surface area contributed by atoms with Gasteiger partial charge in [0.25, 0.3) is 0 Å². The Morgan fingerprint density at radius 1 is 1.30 bits per heavy atom. The van der Waals surface area contributed by atoms with Crippen LogP contribution in [0.15, 0.2) is 12.1 Å². The molecule has 0 unspecified atom stereocenters. The van der Waals surface area contributed by atoms with E-state index in [0.717, 1.165) is 11.4 Å². The molecule has 1 aromatic rings. The van der Waals surface area contributed by atoms with E-state index in [1.54, 1.807) is 6.92 Å². The number of anilines is 1. The first-order valence-corrected chi connectivity index (χ1v) is 8.19. The van der Waals surface area contributed by atoms with Crippen LogP contribution in [-0.2, 0) is 10.0 Å². The molecular formula is C13H18N4O2S. The molecule has 108 valence electrons. The summed E-state index contributed by atoms with van der Waals surface area (Å²) in [4.78, 5) is 6.33. The number of hydrogen-bond acceptors (Lipinski definition) is 5. The van der Waals surface area contributed by atoms with Crippen LogP contribution in [0.25, 0.3) is 0 Å². The highest BCUT2D eigenvalue weighted by molar-refractivity contribution is 7.89. The zero-order valence-corrected chi connectivity index (χ0v) is 12.5. The molecule has 2 heterocycles. The first-order chi connectivity index (χ1) is 9.47. The third-order valence-electron chi connectivity index (χ3n) is 3.51. The number of rotatable bonds is 3. The van der Waals surface area contributed by atoms with Gasteiger partial charge in [-0.05, 0) is 25.5 Å². The van der Waals surface area contributed by atoms with Crippen molar-refractivity contribution in [3.8, 4) is 6.07 Å². The van der Waals surface area contributed by atoms with E-state index in [9.17, 15) is 8.42 Å². The van der Waals surface area contributed by atoms with Crippen molar-refractivity contribution in [3.05, 3.63) is 23.4 Å². The Hall–Kier alpha value is -1.65. The average Bonchev–Trinajstić information content (AvgIpc) is 2.48. The molecule has 0 bridgehead atoms. The van der Waals surface area contributed by atoms with Gasteiger partial charge in [-0.3, -0.25) is 0 Å². The van der Waals surface area contributed by atoms with Crippen LogP contribution in [-0.4, -0.2) is 49.6 Å². The molecule has 1 fully saturated rings. The topological polar surface area (TPSA) is 77.3 Å². The van der Waals surface area contributed by atoms with E-state index in [1.165, 1.54) is 4.31 Å². The lowest BCUT2D eigenvalue weighted by Gasteiger charge is -2.34. The molecule has 2 rings (SSSR count). The first-order valence-electron chi connectivity index (χ1n) is 6.58. The molecule has 0 saturated carbocycles. The molecular weight excluding hydrogens is 276 g/mol. The fourth-order valence-electron chi connectivity index (χ4n) is 2.19. The minimum Gasteiger partial charge on any atom is -0.354 e. The van der Waals surface area contributed by atoms with Crippen LogP contribution < -0.4 is 4.90 Å². The second-order valence-corrected chi connectivity index (χ2v) is 6.99. The van der Waals surface area contributed by atoms with Gasteiger partial charge in [-0.15, -0.1) is 0 Å². The van der Waals surface area contributed by atoms with E-state index in [2.05, 4.69) is 11.1 Å². The lowest BCUT2D eigenvalue weighted by molar-refractivity contribution is 0.384. The fraction of sp³-hybridized carbons (Fsp3) is 0.538. The van der Waals surface area contributed by atoms with Gasteiger partial charge in [0.05, 0.1) is 5.75 Å². The van der Waals surface area contributed by atoms with Gasteiger partial charge < -0.3 is 4.90 Å². The quantitative estimate of drug-likeness (QED) is 0.821. The lowest BCUT2D eigenvalue weighted by Crippen LogP contribution is -2.49. The summed E-state index contributed by atoms with van der Waals surface area (Å²) >= 11 is 0. The first kappa shape index (κ1) is 14.8. The van der Waals surface area contributed by atoms with Crippen molar-refractivity contribution in [2.45, 2.75) is 13.8 Å². The number of pyridine rings is 1. The van der Waals surface area contributed by atoms with Gasteiger partial charge in [0.15, 0.2) is 0 Å². The summed E-state index contributed by atoms with van der Waals surface area (Å²) in [5.41, 5.74) is 1.27. The second kappa shape index (κ2) is 5.77. The van der Waals surface area contributed by atoms with Gasteiger partial charge in [-0.1, -0.05) is 6.07 Å². The van der Waals surface area contributed by atoms with Crippen molar-refractivity contribution in [1.29, 1.82) is 5.26 Å². The summed E-state index contributed by atoms with van der Waals surface area (Å²) in [7, 11) is -3.11. The lowest BCUT2D eigenvalue weighted by atomic mass is 10.2. The van der Waals surface area contributed by atoms with E-state index < -0.39 is 10.0 Å². The van der Waals surface area contributed by atoms with E-state index >= 15 is 0 Å². The Morgan fingerprint density at radius 2 is 1.95 bits per heavy atom. The number of sulfonamides is 1. The molecule has 0 aliphatic carbocycles. The molecule has 7 heteroatoms. The SMILES string of the molecule is CCS(=O)(=O)N1CCN(c2ccc(C)c(C#N)n2)CC1. The molecule has 0 aromatic carbocycles. The number of nitrogens with zero attached hydrogens (tertiary/aromatic N) is 4. The summed E-state index contributed by atoms with van der Waals surface area (Å²) in [5.74, 6) is 0.870. The Labute approximate surface area is 119 Å². The van der Waals surface area contributed by atoms with Gasteiger partial charge in [-0.25, -0.2) is 13.4 Å². The molecule has 0 atom stereocenters. The number of piperazine rings is 1. The molecule has 1 aliphatic rings. The van der Waals surface area contributed by atoms with Crippen LogP contribution in [0.2, 0.25) is 0 Å². The highest BCUT2D eigenvalue weighted by atomic mass is 32.2. The van der Waals surface area contributed by atoms with Crippen LogP contribution >= 0.6 is 0 Å². The molecule has 0 amide bonds. The van der Waals surface area contributed by atoms with Crippen molar-refractivity contribution in [1.82, 2.24) is 9.29 Å². The summed E-state index contributed by atoms with van der Waals surface area (Å²) in [5, 5.41) is 9.00. The molecule has 0 spiro atoms. The summed E-state index contributed by atoms with van der Waals surface area (Å²) < 4.78 is 25.1. The Bertz CT molecular complexity index is 628. The van der Waals surface area contributed by atoms with E-state index in [1.807, 2.05) is 24.0 Å². The van der Waals surface area contributed by atoms with Gasteiger partial charge in [-0.2, -0.15) is 9.57 Å². The highest BCUT2D eigenvalue weighted by Gasteiger charge is 2.26. The fourth-order valence-corrected chi connectivity index (χ4v) is 3.27. The van der Waals surface area contributed by atoms with E-state index in [4.69, 9.17) is 5.26 Å². The molecule has 20 heavy (non-hydrogen) atoms. The van der Waals surface area contributed by atoms with E-state index in [-0.39, 0.29) is 5.75 Å². The Balaban J connectivity index is 2.10. The normalized spacial score (nSPS) is 16.9. The zero-order valence-electron chi connectivity index (χ0n) is 11.7. The number of nitriles is 1. The van der Waals surface area contributed by atoms with Crippen molar-refractivity contribution < 1.29 is 8.42 Å². The predicted octanol–water partition coefficient (Wildman–Crippen LogP) is 0.733. The van der Waals surface area contributed by atoms with Crippen molar-refractivity contribution in [2.24, 2.45) is 0 Å². The average molecular weight is 294 g/mol. The second-order valence-electron chi connectivity index (χ2n) is 4.73. The smallest absolute Gasteiger partial charge is 0.213 e. The number of aromatic nitrogens is 1. The van der Waals surface area contributed by atoms with Crippen LogP contribution in [0.4, 0.5) is 5.82 Å². The van der Waals surface area contributed by atoms with Gasteiger partial charge in [0.2, 0.25) is 10.0 Å². The van der Waals surface area contributed by atoms with Gasteiger partial charge in [0, 0.05) is 26.2 Å². The number of aryl methyl sites for hydroxylation is 1. The van der Waals surface area contributed by atoms with E-state index in [0.29, 0.717) is 31.9 Å². The number of hydrogen-bond donors (Lipinski definition) is 0. The van der Waals surface area contributed by atoms with Crippen molar-refractivity contribution in [2.75, 3.05) is 36.8 Å². The molecule has 6 nitrogen and oxygen atoms in total. The molecule has 1 saturated heterocycles. The third-order valence-corrected chi connectivity index (χ3v) is 5.39. The maximum Gasteiger partial charge on any atom is 0.213 e. The zero-order chi connectivity index (χ0) is 14.8. The molecule has 0 N–H and O–H groups in total. The van der Waals surface area contributed by atoms with Crippen LogP contribution in [0.3, 0.4) is 0 Å². The maximum atomic E-state index is 11.8. The molecule has 1 aliphatic heterocycles. The van der Waals surface area contributed by atoms with Gasteiger partial charge in [0.1, 0.15) is 17.6 Å². The minimum atomic E-state index is -3.11. The standard InChI is InChI=1S/C13H18N4O2S/c1-3-20(18,19)17-8-6-16(7-9-17)13-5-4-11(2)12(10-14)15-13/h4-5H,3,6-9H2,1-2H3. The highest BCUT2D eigenvalue weighted by Crippen LogP contribution is 2.17. The van der Waals surface area contributed by atoms with Crippen LogP contribution in [0, 0.1) is 18.3 Å². The Morgan fingerprint density at radius 3 is 2.50 bits per heavy atom. The van der Waals surface area contributed by atoms with Crippen molar-refractivity contribution >= 4 is 15.8 Å². The molecule has 0 radical (unpaired) electrons. The third kappa shape index (κ3) is 2.92. The van der Waals surface area contributed by atoms with Crippen LogP contribution in [0.1, 0.15) is 18.2 Å². The summed E-state index contributed by atoms with van der Waals surface area (Å²) in [6.07, 6.45) is 0. The molecule has 1 aromatic heterocycles. The monoisotopic (exact) mass is 294 g/mol. The van der Waals surface area contributed by atoms with Gasteiger partial charge >= 0.3 is 0 Å². The maximum absolute atomic E-state index is 11.8. The summed E-state index contributed by atoms with van der Waals surface area (Å²) in [6.45, 7) is 5.63. The predicted molar refractivity (Wildman–Crippen MR) is 76.9 cm³/mol. The minimum absolute atomic E-state index is 0.133. The van der Waals surface area contributed by atoms with Crippen LogP contribution in [0.5, 0.6) is 0 Å². The summed E-state index contributed by atoms with van der Waals surface area (Å²) in [6, 6.07) is 5.82.